The van der Waals surface area contributed by atoms with Gasteiger partial charge in [0.2, 0.25) is 0 Å². The Labute approximate surface area is 80.3 Å². The Morgan fingerprint density at radius 3 is 3.08 bits per heavy atom. The van der Waals surface area contributed by atoms with E-state index in [0.717, 1.165) is 32.6 Å². The molecule has 0 bridgehead atoms. The predicted octanol–water partition coefficient (Wildman–Crippen LogP) is 1.40. The lowest BCUT2D eigenvalue weighted by atomic mass is 10.1. The Morgan fingerprint density at radius 2 is 2.31 bits per heavy atom. The lowest BCUT2D eigenvalue weighted by Gasteiger charge is -2.25. The third-order valence-electron chi connectivity index (χ3n) is 2.62. The zero-order chi connectivity index (χ0) is 9.52. The molecule has 0 saturated carbocycles. The van der Waals surface area contributed by atoms with Crippen molar-refractivity contribution in [3.05, 3.63) is 0 Å². The number of rotatable bonds is 3. The molecule has 1 fully saturated rings. The van der Waals surface area contributed by atoms with Crippen LogP contribution in [-0.2, 0) is 4.74 Å². The molecule has 0 aromatic carbocycles. The average Bonchev–Trinajstić information content (AvgIpc) is 2.42. The highest BCUT2D eigenvalue weighted by Gasteiger charge is 2.16. The van der Waals surface area contributed by atoms with Crippen molar-refractivity contribution in [3.63, 3.8) is 0 Å². The molecule has 1 heterocycles. The first-order valence-corrected chi connectivity index (χ1v) is 4.99. The van der Waals surface area contributed by atoms with E-state index in [9.17, 15) is 0 Å². The maximum Gasteiger partial charge on any atom is 0.0635 e. The van der Waals surface area contributed by atoms with E-state index in [-0.39, 0.29) is 0 Å². The van der Waals surface area contributed by atoms with Crippen LogP contribution < -0.4 is 0 Å². The Morgan fingerprint density at radius 1 is 1.46 bits per heavy atom. The molecule has 1 aliphatic rings. The zero-order valence-electron chi connectivity index (χ0n) is 8.33. The molecule has 0 aromatic rings. The zero-order valence-corrected chi connectivity index (χ0v) is 8.33. The molecule has 1 atom stereocenters. The van der Waals surface area contributed by atoms with Crippen LogP contribution in [0.4, 0.5) is 0 Å². The normalized spacial score (nSPS) is 23.9. The molecule has 0 aliphatic carbocycles. The lowest BCUT2D eigenvalue weighted by molar-refractivity contribution is 0.135. The summed E-state index contributed by atoms with van der Waals surface area (Å²) in [6, 6.07) is 2.80. The fourth-order valence-corrected chi connectivity index (χ4v) is 1.74. The van der Waals surface area contributed by atoms with Crippen molar-refractivity contribution in [2.75, 3.05) is 26.8 Å². The van der Waals surface area contributed by atoms with Crippen molar-refractivity contribution in [1.82, 2.24) is 4.90 Å². The van der Waals surface area contributed by atoms with Gasteiger partial charge in [0.05, 0.1) is 6.07 Å². The maximum absolute atomic E-state index is 8.47. The van der Waals surface area contributed by atoms with E-state index in [0.29, 0.717) is 12.5 Å². The quantitative estimate of drug-likeness (QED) is 0.662. The molecule has 0 spiro atoms. The van der Waals surface area contributed by atoms with Crippen LogP contribution in [0.5, 0.6) is 0 Å². The highest BCUT2D eigenvalue weighted by Crippen LogP contribution is 2.13. The van der Waals surface area contributed by atoms with Gasteiger partial charge in [-0.2, -0.15) is 5.26 Å². The number of nitriles is 1. The summed E-state index contributed by atoms with van der Waals surface area (Å²) in [6.07, 6.45) is 4.11. The van der Waals surface area contributed by atoms with Gasteiger partial charge in [-0.25, -0.2) is 0 Å². The first-order valence-electron chi connectivity index (χ1n) is 4.99. The highest BCUT2D eigenvalue weighted by atomic mass is 16.5. The molecule has 0 radical (unpaired) electrons. The van der Waals surface area contributed by atoms with Gasteiger partial charge in [0.15, 0.2) is 0 Å². The van der Waals surface area contributed by atoms with E-state index in [1.54, 1.807) is 0 Å². The molecule has 1 aliphatic heterocycles. The summed E-state index contributed by atoms with van der Waals surface area (Å²) in [5, 5.41) is 8.47. The van der Waals surface area contributed by atoms with Crippen LogP contribution in [0, 0.1) is 11.3 Å². The lowest BCUT2D eigenvalue weighted by Crippen LogP contribution is -2.32. The van der Waals surface area contributed by atoms with Gasteiger partial charge in [-0.1, -0.05) is 0 Å². The van der Waals surface area contributed by atoms with Crippen LogP contribution in [0.1, 0.15) is 25.7 Å². The van der Waals surface area contributed by atoms with E-state index in [4.69, 9.17) is 10.00 Å². The van der Waals surface area contributed by atoms with Gasteiger partial charge < -0.3 is 9.64 Å². The molecule has 3 heteroatoms. The number of ether oxygens (including phenoxy) is 1. The summed E-state index contributed by atoms with van der Waals surface area (Å²) in [4.78, 5) is 2.29. The summed E-state index contributed by atoms with van der Waals surface area (Å²) >= 11 is 0. The van der Waals surface area contributed by atoms with Crippen LogP contribution in [0.15, 0.2) is 0 Å². The largest absolute Gasteiger partial charge is 0.381 e. The summed E-state index contributed by atoms with van der Waals surface area (Å²) < 4.78 is 5.39. The van der Waals surface area contributed by atoms with Crippen molar-refractivity contribution in [2.24, 2.45) is 0 Å². The van der Waals surface area contributed by atoms with Crippen molar-refractivity contribution >= 4 is 0 Å². The predicted molar refractivity (Wildman–Crippen MR) is 51.3 cm³/mol. The summed E-state index contributed by atoms with van der Waals surface area (Å²) in [5.74, 6) is 0. The van der Waals surface area contributed by atoms with Gasteiger partial charge in [0.25, 0.3) is 0 Å². The first kappa shape index (κ1) is 10.5. The van der Waals surface area contributed by atoms with Gasteiger partial charge in [-0.3, -0.25) is 0 Å². The summed E-state index contributed by atoms with van der Waals surface area (Å²) in [7, 11) is 2.10. The smallest absolute Gasteiger partial charge is 0.0635 e. The second kappa shape index (κ2) is 5.95. The van der Waals surface area contributed by atoms with E-state index < -0.39 is 0 Å². The Hall–Kier alpha value is -0.590. The van der Waals surface area contributed by atoms with E-state index >= 15 is 0 Å². The standard InChI is InChI=1S/C10H18N2O/c1-12(7-3-6-11)10-4-2-8-13-9-5-10/h10H,2-5,7-9H2,1H3. The van der Waals surface area contributed by atoms with Gasteiger partial charge in [-0.15, -0.1) is 0 Å². The first-order chi connectivity index (χ1) is 6.34. The molecule has 3 nitrogen and oxygen atoms in total. The molecule has 13 heavy (non-hydrogen) atoms. The maximum atomic E-state index is 8.47. The van der Waals surface area contributed by atoms with Gasteiger partial charge in [0, 0.05) is 32.2 Å². The van der Waals surface area contributed by atoms with Gasteiger partial charge in [-0.05, 0) is 26.3 Å². The van der Waals surface area contributed by atoms with Crippen LogP contribution >= 0.6 is 0 Å². The van der Waals surface area contributed by atoms with E-state index in [2.05, 4.69) is 18.0 Å². The molecule has 1 saturated heterocycles. The summed E-state index contributed by atoms with van der Waals surface area (Å²) in [6.45, 7) is 2.67. The minimum atomic E-state index is 0.621. The van der Waals surface area contributed by atoms with Crippen LogP contribution in [-0.4, -0.2) is 37.7 Å². The van der Waals surface area contributed by atoms with E-state index in [1.165, 1.54) is 6.42 Å². The van der Waals surface area contributed by atoms with Gasteiger partial charge >= 0.3 is 0 Å². The van der Waals surface area contributed by atoms with Crippen LogP contribution in [0.3, 0.4) is 0 Å². The van der Waals surface area contributed by atoms with Crippen molar-refractivity contribution in [2.45, 2.75) is 31.7 Å². The fourth-order valence-electron chi connectivity index (χ4n) is 1.74. The molecule has 0 N–H and O–H groups in total. The molecule has 0 amide bonds. The fraction of sp³-hybridized carbons (Fsp3) is 0.900. The minimum Gasteiger partial charge on any atom is -0.381 e. The highest BCUT2D eigenvalue weighted by molar-refractivity contribution is 4.76. The van der Waals surface area contributed by atoms with Gasteiger partial charge in [0.1, 0.15) is 0 Å². The third-order valence-corrected chi connectivity index (χ3v) is 2.62. The molecule has 0 aromatic heterocycles. The topological polar surface area (TPSA) is 36.3 Å². The second-order valence-electron chi connectivity index (χ2n) is 3.59. The molecule has 1 unspecified atom stereocenters. The van der Waals surface area contributed by atoms with E-state index in [1.807, 2.05) is 0 Å². The Kier molecular flexibility index (Phi) is 4.81. The molecular weight excluding hydrogens is 164 g/mol. The van der Waals surface area contributed by atoms with Crippen LogP contribution in [0.25, 0.3) is 0 Å². The Bertz CT molecular complexity index is 168. The Balaban J connectivity index is 2.27. The second-order valence-corrected chi connectivity index (χ2v) is 3.59. The number of nitrogens with zero attached hydrogens (tertiary/aromatic N) is 2. The van der Waals surface area contributed by atoms with Crippen molar-refractivity contribution in [3.8, 4) is 6.07 Å². The molecule has 74 valence electrons. The molecule has 1 rings (SSSR count). The van der Waals surface area contributed by atoms with Crippen LogP contribution in [0.2, 0.25) is 0 Å². The van der Waals surface area contributed by atoms with Crippen molar-refractivity contribution in [1.29, 1.82) is 5.26 Å². The van der Waals surface area contributed by atoms with Crippen molar-refractivity contribution < 1.29 is 4.74 Å². The molecular formula is C10H18N2O. The minimum absolute atomic E-state index is 0.621. The third kappa shape index (κ3) is 3.75. The average molecular weight is 182 g/mol. The summed E-state index contributed by atoms with van der Waals surface area (Å²) in [5.41, 5.74) is 0. The number of hydrogen-bond acceptors (Lipinski definition) is 3. The monoisotopic (exact) mass is 182 g/mol. The SMILES string of the molecule is CN(CCC#N)C1CCCOCC1. The number of hydrogen-bond donors (Lipinski definition) is 0.